The van der Waals surface area contributed by atoms with Crippen molar-refractivity contribution >= 4 is 0 Å². The maximum atomic E-state index is 10.7. The first-order chi connectivity index (χ1) is 17.5. The second-order valence-corrected chi connectivity index (χ2v) is 9.83. The summed E-state index contributed by atoms with van der Waals surface area (Å²) < 4.78 is 19.7. The van der Waals surface area contributed by atoms with Gasteiger partial charge in [0.05, 0.1) is 36.8 Å². The molecule has 0 spiro atoms. The molecule has 1 heterocycles. The number of methoxy groups -OCH3 is 1. The first-order valence-corrected chi connectivity index (χ1v) is 13.0. The van der Waals surface area contributed by atoms with Crippen LogP contribution < -0.4 is 9.47 Å². The minimum absolute atomic E-state index is 0.343. The summed E-state index contributed by atoms with van der Waals surface area (Å²) in [5.74, 6) is 2.43. The molecule has 1 aliphatic carbocycles. The van der Waals surface area contributed by atoms with Gasteiger partial charge in [-0.25, -0.2) is 4.68 Å². The van der Waals surface area contributed by atoms with Crippen molar-refractivity contribution in [2.24, 2.45) is 5.92 Å². The first-order valence-electron chi connectivity index (χ1n) is 13.0. The van der Waals surface area contributed by atoms with E-state index in [0.717, 1.165) is 36.2 Å². The van der Waals surface area contributed by atoms with Gasteiger partial charge in [-0.2, -0.15) is 5.10 Å². The number of aromatic nitrogens is 2. The average molecular weight is 494 g/mol. The highest BCUT2D eigenvalue weighted by Gasteiger charge is 2.33. The summed E-state index contributed by atoms with van der Waals surface area (Å²) in [5.41, 5.74) is 2.96. The molecule has 0 unspecified atom stereocenters. The van der Waals surface area contributed by atoms with E-state index < -0.39 is 6.10 Å². The number of ether oxygens (including phenoxy) is 3. The molecule has 0 saturated heterocycles. The van der Waals surface area contributed by atoms with E-state index in [-0.39, 0.29) is 0 Å². The summed E-state index contributed by atoms with van der Waals surface area (Å²) in [6, 6.07) is 18.2. The van der Waals surface area contributed by atoms with Crippen molar-refractivity contribution in [3.05, 3.63) is 65.9 Å². The fourth-order valence-electron chi connectivity index (χ4n) is 4.33. The third-order valence-electron chi connectivity index (χ3n) is 6.26. The molecule has 1 fully saturated rings. The van der Waals surface area contributed by atoms with Gasteiger partial charge in [0.25, 0.3) is 0 Å². The molecule has 7 nitrogen and oxygen atoms in total. The van der Waals surface area contributed by atoms with Crippen LogP contribution in [-0.4, -0.2) is 58.8 Å². The quantitative estimate of drug-likeness (QED) is 0.332. The summed E-state index contributed by atoms with van der Waals surface area (Å²) >= 11 is 0. The summed E-state index contributed by atoms with van der Waals surface area (Å²) in [6.07, 6.45) is 2.50. The Morgan fingerprint density at radius 1 is 1.03 bits per heavy atom. The molecule has 1 atom stereocenters. The number of nitrogens with zero attached hydrogens (tertiary/aromatic N) is 3. The van der Waals surface area contributed by atoms with Crippen LogP contribution in [0.1, 0.15) is 44.9 Å². The fraction of sp³-hybridized carbons (Fsp3) is 0.483. The minimum atomic E-state index is -0.544. The molecule has 2 aromatic carbocycles. The van der Waals surface area contributed by atoms with Crippen LogP contribution in [0, 0.1) is 5.92 Å². The minimum Gasteiger partial charge on any atom is -0.493 e. The van der Waals surface area contributed by atoms with Crippen LogP contribution in [0.25, 0.3) is 5.69 Å². The highest BCUT2D eigenvalue weighted by atomic mass is 16.5. The maximum Gasteiger partial charge on any atom is 0.227 e. The molecule has 36 heavy (non-hydrogen) atoms. The van der Waals surface area contributed by atoms with Crippen LogP contribution in [-0.2, 0) is 17.7 Å². The molecule has 1 aromatic heterocycles. The Morgan fingerprint density at radius 2 is 1.72 bits per heavy atom. The normalized spacial score (nSPS) is 14.4. The third-order valence-corrected chi connectivity index (χ3v) is 6.26. The number of benzene rings is 2. The molecule has 0 aliphatic heterocycles. The summed E-state index contributed by atoms with van der Waals surface area (Å²) in [4.78, 5) is 2.35. The van der Waals surface area contributed by atoms with Crippen LogP contribution in [0.15, 0.2) is 54.6 Å². The van der Waals surface area contributed by atoms with Crippen molar-refractivity contribution in [1.29, 1.82) is 0 Å². The number of aliphatic hydroxyl groups excluding tert-OH is 1. The van der Waals surface area contributed by atoms with E-state index in [0.29, 0.717) is 55.6 Å². The van der Waals surface area contributed by atoms with E-state index in [4.69, 9.17) is 19.3 Å². The molecule has 1 saturated carbocycles. The zero-order chi connectivity index (χ0) is 25.5. The number of aryl methyl sites for hydroxylation is 1. The second-order valence-electron chi connectivity index (χ2n) is 9.83. The van der Waals surface area contributed by atoms with E-state index in [2.05, 4.69) is 25.7 Å². The Hall–Kier alpha value is -2.87. The number of rotatable bonds is 14. The van der Waals surface area contributed by atoms with Crippen LogP contribution in [0.5, 0.6) is 17.4 Å². The molecule has 1 N–H and O–H groups in total. The van der Waals surface area contributed by atoms with Crippen molar-refractivity contribution < 1.29 is 19.3 Å². The molecule has 0 bridgehead atoms. The Bertz CT molecular complexity index is 1100. The van der Waals surface area contributed by atoms with Crippen molar-refractivity contribution in [2.75, 3.05) is 26.9 Å². The zero-order valence-corrected chi connectivity index (χ0v) is 21.9. The van der Waals surface area contributed by atoms with Crippen LogP contribution >= 0.6 is 0 Å². The van der Waals surface area contributed by atoms with Gasteiger partial charge in [-0.3, -0.25) is 4.90 Å². The Kier molecular flexibility index (Phi) is 9.02. The lowest BCUT2D eigenvalue weighted by atomic mass is 10.1. The number of para-hydroxylation sites is 3. The van der Waals surface area contributed by atoms with Crippen molar-refractivity contribution in [1.82, 2.24) is 14.7 Å². The van der Waals surface area contributed by atoms with Crippen molar-refractivity contribution in [2.45, 2.75) is 58.7 Å². The van der Waals surface area contributed by atoms with E-state index in [1.165, 1.54) is 0 Å². The monoisotopic (exact) mass is 493 g/mol. The Morgan fingerprint density at radius 3 is 2.36 bits per heavy atom. The van der Waals surface area contributed by atoms with Gasteiger partial charge in [0.1, 0.15) is 0 Å². The van der Waals surface area contributed by atoms with E-state index >= 15 is 0 Å². The van der Waals surface area contributed by atoms with E-state index in [1.54, 1.807) is 7.11 Å². The standard InChI is InChI=1S/C29H39N3O4/c1-5-26-25(18-31(22-15-16-22)17-24(33)20-35-19-21(2)3)29(32(30-26)23-11-7-6-8-12-23)36-28-14-10-9-13-27(28)34-4/h6-14,21-22,24,33H,5,15-20H2,1-4H3/t24-/m1/s1. The summed E-state index contributed by atoms with van der Waals surface area (Å²) in [6.45, 7) is 8.54. The lowest BCUT2D eigenvalue weighted by Gasteiger charge is -2.25. The van der Waals surface area contributed by atoms with Gasteiger partial charge in [0.15, 0.2) is 11.5 Å². The maximum absolute atomic E-state index is 10.7. The Balaban J connectivity index is 1.66. The lowest BCUT2D eigenvalue weighted by molar-refractivity contribution is 0.00535. The van der Waals surface area contributed by atoms with Crippen LogP contribution in [0.3, 0.4) is 0 Å². The number of aliphatic hydroxyl groups is 1. The molecule has 0 amide bonds. The highest BCUT2D eigenvalue weighted by Crippen LogP contribution is 2.38. The van der Waals surface area contributed by atoms with Crippen LogP contribution in [0.2, 0.25) is 0 Å². The molecule has 3 aromatic rings. The third kappa shape index (κ3) is 6.66. The van der Waals surface area contributed by atoms with Gasteiger partial charge in [-0.1, -0.05) is 51.1 Å². The molecule has 1 aliphatic rings. The lowest BCUT2D eigenvalue weighted by Crippen LogP contribution is -2.36. The molecular formula is C29H39N3O4. The van der Waals surface area contributed by atoms with Gasteiger partial charge in [0.2, 0.25) is 5.88 Å². The van der Waals surface area contributed by atoms with Gasteiger partial charge >= 0.3 is 0 Å². The predicted molar refractivity (Wildman–Crippen MR) is 141 cm³/mol. The smallest absolute Gasteiger partial charge is 0.227 e. The van der Waals surface area contributed by atoms with Gasteiger partial charge in [-0.15, -0.1) is 0 Å². The average Bonchev–Trinajstić information content (AvgIpc) is 3.68. The van der Waals surface area contributed by atoms with Gasteiger partial charge in [-0.05, 0) is 49.4 Å². The zero-order valence-electron chi connectivity index (χ0n) is 21.9. The van der Waals surface area contributed by atoms with Gasteiger partial charge in [0, 0.05) is 25.7 Å². The van der Waals surface area contributed by atoms with Crippen molar-refractivity contribution in [3.8, 4) is 23.1 Å². The molecule has 0 radical (unpaired) electrons. The Labute approximate surface area is 214 Å². The highest BCUT2D eigenvalue weighted by molar-refractivity contribution is 5.47. The largest absolute Gasteiger partial charge is 0.493 e. The topological polar surface area (TPSA) is 69.0 Å². The SMILES string of the molecule is CCc1nn(-c2ccccc2)c(Oc2ccccc2OC)c1CN(C[C@@H](O)COCC(C)C)C1CC1. The van der Waals surface area contributed by atoms with Crippen molar-refractivity contribution in [3.63, 3.8) is 0 Å². The van der Waals surface area contributed by atoms with Crippen LogP contribution in [0.4, 0.5) is 0 Å². The number of hydrogen-bond acceptors (Lipinski definition) is 6. The summed E-state index contributed by atoms with van der Waals surface area (Å²) in [5, 5.41) is 15.7. The second kappa shape index (κ2) is 12.4. The first kappa shape index (κ1) is 26.2. The number of hydrogen-bond donors (Lipinski definition) is 1. The molecule has 194 valence electrons. The fourth-order valence-corrected chi connectivity index (χ4v) is 4.33. The van der Waals surface area contributed by atoms with E-state index in [9.17, 15) is 5.11 Å². The molecular weight excluding hydrogens is 454 g/mol. The predicted octanol–water partition coefficient (Wildman–Crippen LogP) is 5.23. The summed E-state index contributed by atoms with van der Waals surface area (Å²) in [7, 11) is 1.65. The van der Waals surface area contributed by atoms with E-state index in [1.807, 2.05) is 59.3 Å². The molecule has 4 rings (SSSR count). The molecule has 7 heteroatoms. The van der Waals surface area contributed by atoms with Gasteiger partial charge < -0.3 is 19.3 Å².